The van der Waals surface area contributed by atoms with E-state index in [-0.39, 0.29) is 13.2 Å². The quantitative estimate of drug-likeness (QED) is 0.660. The van der Waals surface area contributed by atoms with E-state index in [0.717, 1.165) is 12.1 Å². The van der Waals surface area contributed by atoms with E-state index in [1.165, 1.54) is 6.07 Å². The Bertz CT molecular complexity index is 396. The summed E-state index contributed by atoms with van der Waals surface area (Å²) in [7, 11) is 0. The van der Waals surface area contributed by atoms with E-state index < -0.39 is 23.4 Å². The van der Waals surface area contributed by atoms with Crippen LogP contribution in [0.3, 0.4) is 0 Å². The molecule has 5 nitrogen and oxygen atoms in total. The number of amides is 2. The second kappa shape index (κ2) is 8.39. The SMILES string of the molecule is O=C(NCCCOCCO)Nc1c(F)cccc1F. The molecule has 0 saturated heterocycles. The lowest BCUT2D eigenvalue weighted by Crippen LogP contribution is -2.30. The molecule has 0 atom stereocenters. The maximum Gasteiger partial charge on any atom is 0.319 e. The Morgan fingerprint density at radius 3 is 2.58 bits per heavy atom. The van der Waals surface area contributed by atoms with Crippen molar-refractivity contribution in [1.29, 1.82) is 0 Å². The predicted molar refractivity (Wildman–Crippen MR) is 65.9 cm³/mol. The number of hydrogen-bond donors (Lipinski definition) is 3. The molecule has 7 heteroatoms. The third-order valence-electron chi connectivity index (χ3n) is 2.19. The van der Waals surface area contributed by atoms with Crippen molar-refractivity contribution < 1.29 is 23.4 Å². The van der Waals surface area contributed by atoms with Crippen LogP contribution in [-0.4, -0.2) is 37.5 Å². The molecule has 1 aromatic carbocycles. The molecule has 0 spiro atoms. The summed E-state index contributed by atoms with van der Waals surface area (Å²) in [4.78, 5) is 11.4. The van der Waals surface area contributed by atoms with Crippen molar-refractivity contribution >= 4 is 11.7 Å². The zero-order valence-electron chi connectivity index (χ0n) is 10.3. The number of aliphatic hydroxyl groups excluding tert-OH is 1. The first-order valence-corrected chi connectivity index (χ1v) is 5.82. The Balaban J connectivity index is 2.28. The molecule has 0 aliphatic carbocycles. The van der Waals surface area contributed by atoms with Gasteiger partial charge in [0.2, 0.25) is 0 Å². The zero-order chi connectivity index (χ0) is 14.1. The highest BCUT2D eigenvalue weighted by atomic mass is 19.1. The number of ether oxygens (including phenoxy) is 1. The number of aliphatic hydroxyl groups is 1. The summed E-state index contributed by atoms with van der Waals surface area (Å²) in [5.41, 5.74) is -0.475. The van der Waals surface area contributed by atoms with Crippen LogP contribution in [0.1, 0.15) is 6.42 Å². The largest absolute Gasteiger partial charge is 0.394 e. The first-order valence-electron chi connectivity index (χ1n) is 5.82. The number of anilines is 1. The van der Waals surface area contributed by atoms with Gasteiger partial charge in [-0.1, -0.05) is 6.07 Å². The molecule has 0 aliphatic rings. The minimum atomic E-state index is -0.832. The monoisotopic (exact) mass is 274 g/mol. The van der Waals surface area contributed by atoms with Crippen molar-refractivity contribution in [2.75, 3.05) is 31.7 Å². The topological polar surface area (TPSA) is 70.6 Å². The lowest BCUT2D eigenvalue weighted by atomic mass is 10.3. The van der Waals surface area contributed by atoms with Gasteiger partial charge in [0, 0.05) is 13.2 Å². The summed E-state index contributed by atoms with van der Waals surface area (Å²) >= 11 is 0. The Morgan fingerprint density at radius 1 is 1.26 bits per heavy atom. The molecule has 0 radical (unpaired) electrons. The summed E-state index contributed by atoms with van der Waals surface area (Å²) < 4.78 is 31.4. The number of rotatable bonds is 7. The lowest BCUT2D eigenvalue weighted by molar-refractivity contribution is 0.0910. The normalized spacial score (nSPS) is 10.3. The van der Waals surface area contributed by atoms with Crippen LogP contribution in [0.25, 0.3) is 0 Å². The predicted octanol–water partition coefficient (Wildman–Crippen LogP) is 1.49. The molecule has 0 bridgehead atoms. The van der Waals surface area contributed by atoms with Gasteiger partial charge >= 0.3 is 6.03 Å². The Hall–Kier alpha value is -1.73. The number of carbonyl (C=O) groups is 1. The fourth-order valence-corrected chi connectivity index (χ4v) is 1.32. The van der Waals surface area contributed by atoms with Gasteiger partial charge in [-0.25, -0.2) is 13.6 Å². The van der Waals surface area contributed by atoms with Crippen LogP contribution in [0.4, 0.5) is 19.3 Å². The van der Waals surface area contributed by atoms with Crippen molar-refractivity contribution in [3.8, 4) is 0 Å². The molecule has 0 unspecified atom stereocenters. The first kappa shape index (κ1) is 15.3. The van der Waals surface area contributed by atoms with Crippen LogP contribution in [0.2, 0.25) is 0 Å². The number of halogens is 2. The molecule has 19 heavy (non-hydrogen) atoms. The molecule has 2 amide bonds. The van der Waals surface area contributed by atoms with Gasteiger partial charge in [0.15, 0.2) is 0 Å². The molecular formula is C12H16F2N2O3. The van der Waals surface area contributed by atoms with E-state index in [2.05, 4.69) is 10.6 Å². The number of carbonyl (C=O) groups excluding carboxylic acids is 1. The van der Waals surface area contributed by atoms with E-state index >= 15 is 0 Å². The van der Waals surface area contributed by atoms with Crippen molar-refractivity contribution in [1.82, 2.24) is 5.32 Å². The molecule has 3 N–H and O–H groups in total. The van der Waals surface area contributed by atoms with Gasteiger partial charge < -0.3 is 20.5 Å². The summed E-state index contributed by atoms with van der Waals surface area (Å²) in [5.74, 6) is -1.66. The lowest BCUT2D eigenvalue weighted by Gasteiger charge is -2.09. The van der Waals surface area contributed by atoms with Crippen LogP contribution in [0.5, 0.6) is 0 Å². The summed E-state index contributed by atoms with van der Waals surface area (Å²) in [6, 6.07) is 2.64. The third kappa shape index (κ3) is 5.62. The average Bonchev–Trinajstić information content (AvgIpc) is 2.38. The van der Waals surface area contributed by atoms with E-state index in [1.54, 1.807) is 0 Å². The molecule has 0 heterocycles. The van der Waals surface area contributed by atoms with Gasteiger partial charge in [-0.05, 0) is 18.6 Å². The van der Waals surface area contributed by atoms with Crippen molar-refractivity contribution in [2.24, 2.45) is 0 Å². The molecule has 1 aromatic rings. The summed E-state index contributed by atoms with van der Waals surface area (Å²) in [6.07, 6.45) is 0.535. The van der Waals surface area contributed by atoms with Gasteiger partial charge in [-0.15, -0.1) is 0 Å². The van der Waals surface area contributed by atoms with E-state index in [4.69, 9.17) is 9.84 Å². The molecule has 0 fully saturated rings. The van der Waals surface area contributed by atoms with Crippen LogP contribution in [0.15, 0.2) is 18.2 Å². The van der Waals surface area contributed by atoms with Crippen LogP contribution >= 0.6 is 0 Å². The maximum absolute atomic E-state index is 13.2. The number of hydrogen-bond acceptors (Lipinski definition) is 3. The van der Waals surface area contributed by atoms with E-state index in [9.17, 15) is 13.6 Å². The first-order chi connectivity index (χ1) is 9.15. The summed E-state index contributed by atoms with van der Waals surface area (Å²) in [6.45, 7) is 0.870. The molecule has 106 valence electrons. The zero-order valence-corrected chi connectivity index (χ0v) is 10.3. The maximum atomic E-state index is 13.2. The van der Waals surface area contributed by atoms with Gasteiger partial charge in [-0.2, -0.15) is 0 Å². The highest BCUT2D eigenvalue weighted by Crippen LogP contribution is 2.17. The second-order valence-corrected chi connectivity index (χ2v) is 3.67. The number of para-hydroxylation sites is 1. The van der Waals surface area contributed by atoms with Crippen molar-refractivity contribution in [2.45, 2.75) is 6.42 Å². The van der Waals surface area contributed by atoms with Gasteiger partial charge in [0.05, 0.1) is 13.2 Å². The third-order valence-corrected chi connectivity index (χ3v) is 2.19. The molecule has 1 rings (SSSR count). The molecular weight excluding hydrogens is 258 g/mol. The van der Waals surface area contributed by atoms with Crippen molar-refractivity contribution in [3.63, 3.8) is 0 Å². The van der Waals surface area contributed by atoms with Crippen LogP contribution in [0, 0.1) is 11.6 Å². The number of benzene rings is 1. The fourth-order valence-electron chi connectivity index (χ4n) is 1.32. The standard InChI is InChI=1S/C12H16F2N2O3/c13-9-3-1-4-10(14)11(9)16-12(18)15-5-2-7-19-8-6-17/h1,3-4,17H,2,5-8H2,(H2,15,16,18). The van der Waals surface area contributed by atoms with Gasteiger partial charge in [0.25, 0.3) is 0 Å². The Kier molecular flexibility index (Phi) is 6.76. The van der Waals surface area contributed by atoms with Gasteiger partial charge in [-0.3, -0.25) is 0 Å². The summed E-state index contributed by atoms with van der Waals surface area (Å²) in [5, 5.41) is 13.0. The molecule has 0 aliphatic heterocycles. The molecule has 0 saturated carbocycles. The van der Waals surface area contributed by atoms with Gasteiger partial charge in [0.1, 0.15) is 17.3 Å². The van der Waals surface area contributed by atoms with E-state index in [0.29, 0.717) is 19.6 Å². The van der Waals surface area contributed by atoms with E-state index in [1.807, 2.05) is 0 Å². The smallest absolute Gasteiger partial charge is 0.319 e. The highest BCUT2D eigenvalue weighted by Gasteiger charge is 2.10. The van der Waals surface area contributed by atoms with Crippen LogP contribution in [-0.2, 0) is 4.74 Å². The fraction of sp³-hybridized carbons (Fsp3) is 0.417. The number of urea groups is 1. The Labute approximate surface area is 109 Å². The minimum absolute atomic E-state index is 0.0551. The highest BCUT2D eigenvalue weighted by molar-refractivity contribution is 5.89. The average molecular weight is 274 g/mol. The molecule has 0 aromatic heterocycles. The second-order valence-electron chi connectivity index (χ2n) is 3.67. The minimum Gasteiger partial charge on any atom is -0.394 e. The Morgan fingerprint density at radius 2 is 1.95 bits per heavy atom. The van der Waals surface area contributed by atoms with Crippen molar-refractivity contribution in [3.05, 3.63) is 29.8 Å². The van der Waals surface area contributed by atoms with Crippen LogP contribution < -0.4 is 10.6 Å². The number of nitrogens with one attached hydrogen (secondary N) is 2.